The Labute approximate surface area is 259 Å². The summed E-state index contributed by atoms with van der Waals surface area (Å²) < 4.78 is 26.1. The smallest absolute Gasteiger partial charge is 0.192 e. The van der Waals surface area contributed by atoms with Crippen LogP contribution in [0.25, 0.3) is 0 Å². The van der Waals surface area contributed by atoms with Crippen molar-refractivity contribution in [1.29, 1.82) is 0 Å². The van der Waals surface area contributed by atoms with Crippen LogP contribution in [0.3, 0.4) is 0 Å². The van der Waals surface area contributed by atoms with Crippen LogP contribution in [0.15, 0.2) is 29.1 Å². The van der Waals surface area contributed by atoms with E-state index in [1.807, 2.05) is 12.1 Å². The van der Waals surface area contributed by atoms with Gasteiger partial charge in [-0.15, -0.1) is 0 Å². The third-order valence-corrected chi connectivity index (χ3v) is 14.9. The SMILES string of the molecule is COc1cc(C(C)C)c(OC2=CNC(N)(C(CO[Si](C)(C)C(C)(C)C)C(C)(C)O[SiH2]C(C)(C)C)N=C2N)cc1I. The van der Waals surface area contributed by atoms with Crippen molar-refractivity contribution in [2.45, 2.75) is 110 Å². The molecule has 0 fully saturated rings. The molecule has 1 aliphatic heterocycles. The molecule has 1 aromatic carbocycles. The summed E-state index contributed by atoms with van der Waals surface area (Å²) in [5, 5.41) is 3.50. The minimum absolute atomic E-state index is 0.0532. The largest absolute Gasteiger partial charge is 0.496 e. The molecule has 5 N–H and O–H groups in total. The van der Waals surface area contributed by atoms with Gasteiger partial charge in [0.1, 0.15) is 11.5 Å². The van der Waals surface area contributed by atoms with E-state index in [1.165, 1.54) is 0 Å². The summed E-state index contributed by atoms with van der Waals surface area (Å²) in [6.45, 7) is 26.6. The van der Waals surface area contributed by atoms with E-state index in [0.29, 0.717) is 18.1 Å². The number of hydrogen-bond acceptors (Lipinski definition) is 8. The van der Waals surface area contributed by atoms with Crippen molar-refractivity contribution in [3.63, 3.8) is 0 Å². The van der Waals surface area contributed by atoms with Gasteiger partial charge in [-0.2, -0.15) is 0 Å². The first-order valence-corrected chi connectivity index (χ1v) is 19.3. The molecule has 2 unspecified atom stereocenters. The number of hydrogen-bond donors (Lipinski definition) is 3. The van der Waals surface area contributed by atoms with Crippen LogP contribution in [-0.2, 0) is 8.85 Å². The zero-order valence-electron chi connectivity index (χ0n) is 26.9. The molecule has 2 atom stereocenters. The van der Waals surface area contributed by atoms with Gasteiger partial charge in [0.05, 0.1) is 22.2 Å². The summed E-state index contributed by atoms with van der Waals surface area (Å²) in [5.74, 6) is 0.790. The fraction of sp³-hybridized carbons (Fsp3) is 0.690. The van der Waals surface area contributed by atoms with Crippen molar-refractivity contribution < 1.29 is 18.3 Å². The van der Waals surface area contributed by atoms with Gasteiger partial charge in [-0.1, -0.05) is 55.4 Å². The highest BCUT2D eigenvalue weighted by atomic mass is 127. The highest BCUT2D eigenvalue weighted by molar-refractivity contribution is 14.1. The molecule has 0 saturated heterocycles. The predicted octanol–water partition coefficient (Wildman–Crippen LogP) is 5.95. The molecule has 0 amide bonds. The fourth-order valence-electron chi connectivity index (χ4n) is 4.04. The second kappa shape index (κ2) is 12.6. The van der Waals surface area contributed by atoms with Crippen LogP contribution >= 0.6 is 22.6 Å². The first-order valence-electron chi connectivity index (χ1n) is 14.0. The number of benzene rings is 1. The standard InChI is InChI=1S/C29H53IN4O4Si2/c1-18(2)19-14-22(35-11)20(30)15-21(19)37-23-16-33-29(32,34-25(23)31)24(17-36-40(12,13)27(6,7)8)28(9,10)38-39-26(3,4)5/h14-16,18,24,33H,17,32,39H2,1-13H3,(H2,31,34). The molecule has 11 heteroatoms. The highest BCUT2D eigenvalue weighted by Crippen LogP contribution is 2.40. The summed E-state index contributed by atoms with van der Waals surface area (Å²) >= 11 is 2.24. The van der Waals surface area contributed by atoms with Crippen molar-refractivity contribution in [1.82, 2.24) is 5.32 Å². The summed E-state index contributed by atoms with van der Waals surface area (Å²) in [7, 11) is -1.29. The number of amidine groups is 1. The Hall–Kier alpha value is -1.13. The zero-order chi connectivity index (χ0) is 30.9. The molecule has 0 aliphatic carbocycles. The minimum atomic E-state index is -2.07. The molecule has 1 aliphatic rings. The van der Waals surface area contributed by atoms with Gasteiger partial charge in [-0.25, -0.2) is 4.99 Å². The Bertz CT molecular complexity index is 1110. The molecule has 2 rings (SSSR count). The van der Waals surface area contributed by atoms with Crippen LogP contribution in [0.1, 0.15) is 80.7 Å². The van der Waals surface area contributed by atoms with Gasteiger partial charge in [0.2, 0.25) is 0 Å². The van der Waals surface area contributed by atoms with Crippen molar-refractivity contribution >= 4 is 46.5 Å². The molecule has 40 heavy (non-hydrogen) atoms. The highest BCUT2D eigenvalue weighted by Gasteiger charge is 2.49. The Morgan fingerprint density at radius 1 is 1.07 bits per heavy atom. The predicted molar refractivity (Wildman–Crippen MR) is 180 cm³/mol. The molecule has 1 aromatic rings. The number of nitrogens with one attached hydrogen (secondary N) is 1. The Morgan fingerprint density at radius 2 is 1.68 bits per heavy atom. The third kappa shape index (κ3) is 8.70. The number of rotatable bonds is 11. The Kier molecular flexibility index (Phi) is 11.1. The van der Waals surface area contributed by atoms with Crippen LogP contribution in [0.2, 0.25) is 23.2 Å². The molecule has 1 heterocycles. The van der Waals surface area contributed by atoms with E-state index < -0.39 is 29.5 Å². The van der Waals surface area contributed by atoms with E-state index in [9.17, 15) is 0 Å². The van der Waals surface area contributed by atoms with Crippen LogP contribution < -0.4 is 26.3 Å². The summed E-state index contributed by atoms with van der Waals surface area (Å²) in [4.78, 5) is 4.81. The van der Waals surface area contributed by atoms with Gasteiger partial charge in [0.25, 0.3) is 0 Å². The monoisotopic (exact) mass is 704 g/mol. The van der Waals surface area contributed by atoms with E-state index >= 15 is 0 Å². The summed E-state index contributed by atoms with van der Waals surface area (Å²) in [6, 6.07) is 3.96. The van der Waals surface area contributed by atoms with Gasteiger partial charge in [0, 0.05) is 18.4 Å². The van der Waals surface area contributed by atoms with E-state index in [4.69, 9.17) is 34.8 Å². The van der Waals surface area contributed by atoms with Gasteiger partial charge in [-0.3, -0.25) is 5.73 Å². The summed E-state index contributed by atoms with van der Waals surface area (Å²) in [6.07, 6.45) is 1.72. The molecular formula is C29H53IN4O4Si2. The second-order valence-electron chi connectivity index (χ2n) is 14.3. The van der Waals surface area contributed by atoms with Crippen molar-refractivity contribution in [3.05, 3.63) is 33.2 Å². The van der Waals surface area contributed by atoms with Crippen LogP contribution in [0.4, 0.5) is 0 Å². The van der Waals surface area contributed by atoms with Crippen molar-refractivity contribution in [2.75, 3.05) is 13.7 Å². The van der Waals surface area contributed by atoms with E-state index in [2.05, 4.69) is 110 Å². The fourth-order valence-corrected chi connectivity index (χ4v) is 6.72. The van der Waals surface area contributed by atoms with Crippen LogP contribution in [-0.4, -0.2) is 49.0 Å². The second-order valence-corrected chi connectivity index (χ2v) is 23.0. The lowest BCUT2D eigenvalue weighted by molar-refractivity contribution is -0.0289. The Morgan fingerprint density at radius 3 is 2.15 bits per heavy atom. The first-order chi connectivity index (χ1) is 18.0. The molecule has 0 spiro atoms. The Balaban J connectivity index is 2.43. The van der Waals surface area contributed by atoms with Gasteiger partial charge in [0.15, 0.2) is 35.5 Å². The lowest BCUT2D eigenvalue weighted by Gasteiger charge is -2.47. The van der Waals surface area contributed by atoms with E-state index in [-0.39, 0.29) is 27.7 Å². The molecule has 0 aromatic heterocycles. The van der Waals surface area contributed by atoms with E-state index in [0.717, 1.165) is 14.9 Å². The summed E-state index contributed by atoms with van der Waals surface area (Å²) in [5.41, 5.74) is 14.0. The number of nitrogens with zero attached hydrogens (tertiary/aromatic N) is 1. The molecule has 8 nitrogen and oxygen atoms in total. The lowest BCUT2D eigenvalue weighted by Crippen LogP contribution is -2.66. The lowest BCUT2D eigenvalue weighted by atomic mass is 9.85. The normalized spacial score (nSPS) is 19.9. The molecular weight excluding hydrogens is 651 g/mol. The van der Waals surface area contributed by atoms with Gasteiger partial charge < -0.3 is 29.4 Å². The van der Waals surface area contributed by atoms with Gasteiger partial charge >= 0.3 is 0 Å². The average Bonchev–Trinajstić information content (AvgIpc) is 2.78. The number of nitrogens with two attached hydrogens (primary N) is 2. The maximum atomic E-state index is 7.03. The first kappa shape index (κ1) is 35.1. The number of ether oxygens (including phenoxy) is 2. The average molecular weight is 705 g/mol. The van der Waals surface area contributed by atoms with Gasteiger partial charge in [-0.05, 0) is 77.7 Å². The van der Waals surface area contributed by atoms with Crippen LogP contribution in [0, 0.1) is 9.49 Å². The molecule has 0 saturated carbocycles. The zero-order valence-corrected chi connectivity index (χ0v) is 31.5. The minimum Gasteiger partial charge on any atom is -0.496 e. The molecule has 228 valence electrons. The maximum Gasteiger partial charge on any atom is 0.192 e. The quantitative estimate of drug-likeness (QED) is 0.193. The molecule has 0 radical (unpaired) electrons. The van der Waals surface area contributed by atoms with Crippen molar-refractivity contribution in [2.24, 2.45) is 22.4 Å². The number of halogens is 1. The number of aliphatic imine (C=N–C) groups is 1. The van der Waals surface area contributed by atoms with Crippen LogP contribution in [0.5, 0.6) is 11.5 Å². The van der Waals surface area contributed by atoms with Crippen molar-refractivity contribution in [3.8, 4) is 11.5 Å². The maximum absolute atomic E-state index is 7.03. The third-order valence-electron chi connectivity index (χ3n) is 7.78. The number of methoxy groups -OCH3 is 1. The van der Waals surface area contributed by atoms with E-state index in [1.54, 1.807) is 13.3 Å². The molecule has 0 bridgehead atoms. The topological polar surface area (TPSA) is 113 Å².